The molecular weight excluding hydrogens is 390 g/mol. The molecule has 5 heteroatoms. The summed E-state index contributed by atoms with van der Waals surface area (Å²) in [6, 6.07) is 19.9. The monoisotopic (exact) mass is 415 g/mol. The van der Waals surface area contributed by atoms with E-state index in [1.54, 1.807) is 7.11 Å². The second-order valence-corrected chi connectivity index (χ2v) is 8.06. The fourth-order valence-corrected chi connectivity index (χ4v) is 4.24. The predicted molar refractivity (Wildman–Crippen MR) is 120 cm³/mol. The number of anilines is 1. The molecule has 0 bridgehead atoms. The largest absolute Gasteiger partial charge is 0.497 e. The van der Waals surface area contributed by atoms with Crippen LogP contribution in [0.3, 0.4) is 0 Å². The maximum absolute atomic E-state index is 13.3. The maximum atomic E-state index is 13.3. The van der Waals surface area contributed by atoms with Crippen molar-refractivity contribution in [2.24, 2.45) is 0 Å². The first-order chi connectivity index (χ1) is 15.1. The van der Waals surface area contributed by atoms with Gasteiger partial charge in [-0.3, -0.25) is 4.79 Å². The standard InChI is InChI=1S/C26H25NO4/c1-3-17-7-9-20(15-22(17)18-5-4-6-21(13-18)29-2)27-25(28)26(11-12-26)19-8-10-23-24(14-19)31-16-30-23/h4-10,13-15H,3,11-12,16H2,1-2H3,(H,27,28). The van der Waals surface area contributed by atoms with E-state index < -0.39 is 5.41 Å². The zero-order valence-corrected chi connectivity index (χ0v) is 17.7. The van der Waals surface area contributed by atoms with Crippen molar-refractivity contribution in [2.75, 3.05) is 19.2 Å². The van der Waals surface area contributed by atoms with Crippen LogP contribution in [0.4, 0.5) is 5.69 Å². The van der Waals surface area contributed by atoms with Crippen molar-refractivity contribution in [3.63, 3.8) is 0 Å². The summed E-state index contributed by atoms with van der Waals surface area (Å²) < 4.78 is 16.3. The smallest absolute Gasteiger partial charge is 0.235 e. The molecular formula is C26H25NO4. The lowest BCUT2D eigenvalue weighted by molar-refractivity contribution is -0.118. The van der Waals surface area contributed by atoms with Gasteiger partial charge in [-0.05, 0) is 77.9 Å². The van der Waals surface area contributed by atoms with Gasteiger partial charge >= 0.3 is 0 Å². The number of aryl methyl sites for hydroxylation is 1. The molecule has 0 spiro atoms. The Balaban J connectivity index is 1.43. The van der Waals surface area contributed by atoms with E-state index in [0.29, 0.717) is 5.75 Å². The van der Waals surface area contributed by atoms with Gasteiger partial charge in [-0.2, -0.15) is 0 Å². The Kier molecular flexibility index (Phi) is 4.81. The Morgan fingerprint density at radius 1 is 1.03 bits per heavy atom. The Hall–Kier alpha value is -3.47. The van der Waals surface area contributed by atoms with E-state index in [1.807, 2.05) is 42.5 Å². The molecule has 1 heterocycles. The molecule has 0 aromatic heterocycles. The number of carbonyl (C=O) groups excluding carboxylic acids is 1. The Labute approximate surface area is 182 Å². The molecule has 5 rings (SSSR count). The lowest BCUT2D eigenvalue weighted by atomic mass is 9.93. The first kappa shape index (κ1) is 19.5. The molecule has 3 aromatic rings. The van der Waals surface area contributed by atoms with Crippen molar-refractivity contribution in [3.8, 4) is 28.4 Å². The zero-order chi connectivity index (χ0) is 21.4. The minimum atomic E-state index is -0.499. The maximum Gasteiger partial charge on any atom is 0.235 e. The van der Waals surface area contributed by atoms with E-state index in [0.717, 1.165) is 53.1 Å². The topological polar surface area (TPSA) is 56.8 Å². The summed E-state index contributed by atoms with van der Waals surface area (Å²) in [6.07, 6.45) is 2.56. The highest BCUT2D eigenvalue weighted by atomic mass is 16.7. The fourth-order valence-electron chi connectivity index (χ4n) is 4.24. The number of amides is 1. The van der Waals surface area contributed by atoms with Crippen molar-refractivity contribution in [2.45, 2.75) is 31.6 Å². The van der Waals surface area contributed by atoms with Gasteiger partial charge in [0.2, 0.25) is 12.7 Å². The summed E-state index contributed by atoms with van der Waals surface area (Å²) in [5, 5.41) is 3.16. The lowest BCUT2D eigenvalue weighted by Crippen LogP contribution is -2.27. The second kappa shape index (κ2) is 7.65. The highest BCUT2D eigenvalue weighted by molar-refractivity contribution is 6.02. The molecule has 5 nitrogen and oxygen atoms in total. The van der Waals surface area contributed by atoms with Crippen molar-refractivity contribution in [1.82, 2.24) is 0 Å². The van der Waals surface area contributed by atoms with Crippen LogP contribution in [-0.4, -0.2) is 19.8 Å². The number of ether oxygens (including phenoxy) is 3. The molecule has 0 radical (unpaired) electrons. The van der Waals surface area contributed by atoms with Crippen LogP contribution in [0, 0.1) is 0 Å². The van der Waals surface area contributed by atoms with Crippen LogP contribution >= 0.6 is 0 Å². The van der Waals surface area contributed by atoms with Gasteiger partial charge in [0.1, 0.15) is 5.75 Å². The van der Waals surface area contributed by atoms with Crippen LogP contribution in [0.1, 0.15) is 30.9 Å². The third-order valence-electron chi connectivity index (χ3n) is 6.24. The van der Waals surface area contributed by atoms with Crippen LogP contribution in [-0.2, 0) is 16.6 Å². The SMILES string of the molecule is CCc1ccc(NC(=O)C2(c3ccc4c(c3)OCO4)CC2)cc1-c1cccc(OC)c1. The minimum Gasteiger partial charge on any atom is -0.497 e. The van der Waals surface area contributed by atoms with E-state index in [1.165, 1.54) is 5.56 Å². The van der Waals surface area contributed by atoms with E-state index >= 15 is 0 Å². The van der Waals surface area contributed by atoms with Gasteiger partial charge in [-0.15, -0.1) is 0 Å². The number of fused-ring (bicyclic) bond motifs is 1. The number of nitrogens with one attached hydrogen (secondary N) is 1. The summed E-state index contributed by atoms with van der Waals surface area (Å²) in [5.74, 6) is 2.28. The van der Waals surface area contributed by atoms with Crippen molar-refractivity contribution < 1.29 is 19.0 Å². The van der Waals surface area contributed by atoms with E-state index in [9.17, 15) is 4.79 Å². The highest BCUT2D eigenvalue weighted by Crippen LogP contribution is 2.51. The van der Waals surface area contributed by atoms with Crippen molar-refractivity contribution in [1.29, 1.82) is 0 Å². The molecule has 2 aliphatic rings. The van der Waals surface area contributed by atoms with Gasteiger partial charge in [0.25, 0.3) is 0 Å². The number of benzene rings is 3. The molecule has 0 atom stereocenters. The van der Waals surface area contributed by atoms with Crippen LogP contribution in [0.25, 0.3) is 11.1 Å². The molecule has 1 aliphatic carbocycles. The fraction of sp³-hybridized carbons (Fsp3) is 0.269. The van der Waals surface area contributed by atoms with Gasteiger partial charge in [0.15, 0.2) is 11.5 Å². The third-order valence-corrected chi connectivity index (χ3v) is 6.24. The van der Waals surface area contributed by atoms with Gasteiger partial charge < -0.3 is 19.5 Å². The number of hydrogen-bond donors (Lipinski definition) is 1. The quantitative estimate of drug-likeness (QED) is 0.592. The molecule has 1 saturated carbocycles. The third kappa shape index (κ3) is 3.50. The normalized spacial score (nSPS) is 15.4. The molecule has 1 fully saturated rings. The van der Waals surface area contributed by atoms with E-state index in [4.69, 9.17) is 14.2 Å². The number of carbonyl (C=O) groups is 1. The zero-order valence-electron chi connectivity index (χ0n) is 17.7. The average molecular weight is 415 g/mol. The van der Waals surface area contributed by atoms with E-state index in [2.05, 4.69) is 30.4 Å². The predicted octanol–water partition coefficient (Wildman–Crippen LogP) is 5.32. The Bertz CT molecular complexity index is 1150. The molecule has 0 unspecified atom stereocenters. The second-order valence-electron chi connectivity index (χ2n) is 8.06. The summed E-state index contributed by atoms with van der Waals surface area (Å²) in [6.45, 7) is 2.37. The Morgan fingerprint density at radius 2 is 1.87 bits per heavy atom. The lowest BCUT2D eigenvalue weighted by Gasteiger charge is -2.18. The summed E-state index contributed by atoms with van der Waals surface area (Å²) in [7, 11) is 1.67. The molecule has 1 amide bonds. The molecule has 158 valence electrons. The van der Waals surface area contributed by atoms with Crippen LogP contribution in [0.2, 0.25) is 0 Å². The van der Waals surface area contributed by atoms with Gasteiger partial charge in [0, 0.05) is 5.69 Å². The first-order valence-corrected chi connectivity index (χ1v) is 10.6. The highest BCUT2D eigenvalue weighted by Gasteiger charge is 2.51. The number of rotatable bonds is 6. The average Bonchev–Trinajstić information content (AvgIpc) is 3.50. The summed E-state index contributed by atoms with van der Waals surface area (Å²) >= 11 is 0. The number of methoxy groups -OCH3 is 1. The molecule has 3 aromatic carbocycles. The van der Waals surface area contributed by atoms with Crippen molar-refractivity contribution >= 4 is 11.6 Å². The van der Waals surface area contributed by atoms with Gasteiger partial charge in [-0.1, -0.05) is 31.2 Å². The number of hydrogen-bond acceptors (Lipinski definition) is 4. The van der Waals surface area contributed by atoms with Crippen molar-refractivity contribution in [3.05, 3.63) is 71.8 Å². The molecule has 1 aliphatic heterocycles. The summed E-state index contributed by atoms with van der Waals surface area (Å²) in [4.78, 5) is 13.3. The molecule has 31 heavy (non-hydrogen) atoms. The van der Waals surface area contributed by atoms with Crippen LogP contribution in [0.15, 0.2) is 60.7 Å². The van der Waals surface area contributed by atoms with Crippen LogP contribution in [0.5, 0.6) is 17.2 Å². The molecule has 1 N–H and O–H groups in total. The van der Waals surface area contributed by atoms with Gasteiger partial charge in [0.05, 0.1) is 12.5 Å². The molecule has 0 saturated heterocycles. The van der Waals surface area contributed by atoms with E-state index in [-0.39, 0.29) is 12.7 Å². The van der Waals surface area contributed by atoms with Gasteiger partial charge in [-0.25, -0.2) is 0 Å². The first-order valence-electron chi connectivity index (χ1n) is 10.6. The Morgan fingerprint density at radius 3 is 2.65 bits per heavy atom. The van der Waals surface area contributed by atoms with Crippen LogP contribution < -0.4 is 19.5 Å². The summed E-state index contributed by atoms with van der Waals surface area (Å²) in [5.41, 5.74) is 4.68. The minimum absolute atomic E-state index is 0.0206.